The zero-order valence-corrected chi connectivity index (χ0v) is 16.0. The van der Waals surface area contributed by atoms with Crippen molar-refractivity contribution in [2.75, 3.05) is 24.2 Å². The Labute approximate surface area is 150 Å². The van der Waals surface area contributed by atoms with Gasteiger partial charge >= 0.3 is 0 Å². The minimum absolute atomic E-state index is 0.339. The number of anilines is 1. The Morgan fingerprint density at radius 2 is 2.04 bits per heavy atom. The van der Waals surface area contributed by atoms with Crippen molar-refractivity contribution in [3.63, 3.8) is 0 Å². The van der Waals surface area contributed by atoms with Gasteiger partial charge in [-0.05, 0) is 44.3 Å². The third kappa shape index (κ3) is 4.73. The third-order valence-electron chi connectivity index (χ3n) is 4.44. The van der Waals surface area contributed by atoms with Crippen molar-refractivity contribution in [3.8, 4) is 6.07 Å². The fourth-order valence-corrected chi connectivity index (χ4v) is 3.56. The van der Waals surface area contributed by atoms with Gasteiger partial charge in [-0.15, -0.1) is 0 Å². The molecule has 0 N–H and O–H groups in total. The standard InChI is InChI=1S/C19H28N4S/c1-5-12-23(13-15(3)10-11-20)18-16-8-6-14(2)7-9-17(16)21-19(22-18)24-4/h15H,2,5-10,12-13H2,1,3-4H3/t15-/m0/s1. The Bertz CT molecular complexity index is 621. The van der Waals surface area contributed by atoms with Crippen LogP contribution in [0.4, 0.5) is 5.82 Å². The van der Waals surface area contributed by atoms with Gasteiger partial charge in [-0.1, -0.05) is 37.8 Å². The molecular formula is C19H28N4S. The highest BCUT2D eigenvalue weighted by Crippen LogP contribution is 2.31. The van der Waals surface area contributed by atoms with Gasteiger partial charge in [0.1, 0.15) is 5.82 Å². The minimum Gasteiger partial charge on any atom is -0.356 e. The Kier molecular flexibility index (Phi) is 7.11. The smallest absolute Gasteiger partial charge is 0.189 e. The number of hydrogen-bond donors (Lipinski definition) is 0. The monoisotopic (exact) mass is 344 g/mol. The first-order valence-electron chi connectivity index (χ1n) is 8.81. The van der Waals surface area contributed by atoms with Crippen LogP contribution in [-0.2, 0) is 12.8 Å². The van der Waals surface area contributed by atoms with Gasteiger partial charge < -0.3 is 4.90 Å². The molecule has 130 valence electrons. The fraction of sp³-hybridized carbons (Fsp3) is 0.632. The summed E-state index contributed by atoms with van der Waals surface area (Å²) in [6.07, 6.45) is 7.67. The largest absolute Gasteiger partial charge is 0.356 e. The molecule has 0 radical (unpaired) electrons. The summed E-state index contributed by atoms with van der Waals surface area (Å²) in [5, 5.41) is 9.84. The molecule has 1 aromatic rings. The Morgan fingerprint density at radius 3 is 2.71 bits per heavy atom. The van der Waals surface area contributed by atoms with Crippen LogP contribution in [0.15, 0.2) is 17.3 Å². The minimum atomic E-state index is 0.339. The average molecular weight is 345 g/mol. The highest BCUT2D eigenvalue weighted by molar-refractivity contribution is 7.98. The second-order valence-corrected chi connectivity index (χ2v) is 7.40. The van der Waals surface area contributed by atoms with Crippen molar-refractivity contribution >= 4 is 17.6 Å². The lowest BCUT2D eigenvalue weighted by Gasteiger charge is -2.28. The van der Waals surface area contributed by atoms with Crippen LogP contribution in [0.1, 0.15) is 50.8 Å². The lowest BCUT2D eigenvalue weighted by molar-refractivity contribution is 0.561. The highest BCUT2D eigenvalue weighted by Gasteiger charge is 2.22. The van der Waals surface area contributed by atoms with Crippen LogP contribution in [0, 0.1) is 17.2 Å². The van der Waals surface area contributed by atoms with Crippen LogP contribution in [0.5, 0.6) is 0 Å². The number of aryl methyl sites for hydroxylation is 1. The van der Waals surface area contributed by atoms with Crippen molar-refractivity contribution in [1.82, 2.24) is 9.97 Å². The molecule has 0 aliphatic heterocycles. The van der Waals surface area contributed by atoms with E-state index < -0.39 is 0 Å². The number of thioether (sulfide) groups is 1. The van der Waals surface area contributed by atoms with E-state index in [1.54, 1.807) is 11.8 Å². The van der Waals surface area contributed by atoms with Crippen molar-refractivity contribution < 1.29 is 0 Å². The topological polar surface area (TPSA) is 52.8 Å². The molecule has 1 aromatic heterocycles. The van der Waals surface area contributed by atoms with Crippen LogP contribution in [0.25, 0.3) is 0 Å². The summed E-state index contributed by atoms with van der Waals surface area (Å²) in [5.41, 5.74) is 3.80. The number of nitrogens with zero attached hydrogens (tertiary/aromatic N) is 4. The van der Waals surface area contributed by atoms with E-state index in [1.807, 2.05) is 6.26 Å². The molecule has 5 heteroatoms. The van der Waals surface area contributed by atoms with Crippen molar-refractivity contribution in [2.45, 2.75) is 57.5 Å². The van der Waals surface area contributed by atoms with E-state index in [2.05, 4.69) is 31.4 Å². The number of aromatic nitrogens is 2. The molecule has 0 saturated carbocycles. The maximum Gasteiger partial charge on any atom is 0.189 e. The second kappa shape index (κ2) is 9.08. The summed E-state index contributed by atoms with van der Waals surface area (Å²) in [6.45, 7) is 10.4. The van der Waals surface area contributed by atoms with E-state index in [1.165, 1.54) is 16.8 Å². The molecule has 1 atom stereocenters. The fourth-order valence-electron chi connectivity index (χ4n) is 3.18. The molecule has 1 heterocycles. The molecule has 0 spiro atoms. The second-order valence-electron chi connectivity index (χ2n) is 6.62. The van der Waals surface area contributed by atoms with Gasteiger partial charge in [-0.3, -0.25) is 0 Å². The third-order valence-corrected chi connectivity index (χ3v) is 4.99. The summed E-state index contributed by atoms with van der Waals surface area (Å²) in [4.78, 5) is 12.0. The van der Waals surface area contributed by atoms with Gasteiger partial charge in [0.05, 0.1) is 11.8 Å². The van der Waals surface area contributed by atoms with Crippen molar-refractivity contribution in [3.05, 3.63) is 23.4 Å². The first kappa shape index (κ1) is 18.8. The maximum atomic E-state index is 8.98. The number of fused-ring (bicyclic) bond motifs is 1. The van der Waals surface area contributed by atoms with Gasteiger partial charge in [0.2, 0.25) is 0 Å². The molecule has 1 aliphatic rings. The Balaban J connectivity index is 2.41. The van der Waals surface area contributed by atoms with E-state index in [9.17, 15) is 0 Å². The summed E-state index contributed by atoms with van der Waals surface area (Å²) in [7, 11) is 0. The van der Waals surface area contributed by atoms with Gasteiger partial charge in [0, 0.05) is 25.1 Å². The summed E-state index contributed by atoms with van der Waals surface area (Å²) in [5.74, 6) is 1.43. The molecule has 0 saturated heterocycles. The first-order valence-corrected chi connectivity index (χ1v) is 10.0. The van der Waals surface area contributed by atoms with Gasteiger partial charge in [-0.2, -0.15) is 5.26 Å². The SMILES string of the molecule is C=C1CCc2nc(SC)nc(N(CCC)C[C@@H](C)CC#N)c2CC1. The molecule has 0 amide bonds. The normalized spacial score (nSPS) is 15.3. The van der Waals surface area contributed by atoms with Crippen LogP contribution < -0.4 is 4.90 Å². The predicted octanol–water partition coefficient (Wildman–Crippen LogP) is 4.40. The summed E-state index contributed by atoms with van der Waals surface area (Å²) in [6, 6.07) is 2.29. The molecule has 0 fully saturated rings. The molecule has 24 heavy (non-hydrogen) atoms. The molecule has 1 aliphatic carbocycles. The van der Waals surface area contributed by atoms with Crippen LogP contribution in [0.2, 0.25) is 0 Å². The number of hydrogen-bond acceptors (Lipinski definition) is 5. The lowest BCUT2D eigenvalue weighted by Crippen LogP contribution is -2.31. The Hall–Kier alpha value is -1.54. The summed E-state index contributed by atoms with van der Waals surface area (Å²) >= 11 is 1.60. The van der Waals surface area contributed by atoms with E-state index >= 15 is 0 Å². The van der Waals surface area contributed by atoms with Crippen LogP contribution in [-0.4, -0.2) is 29.3 Å². The lowest BCUT2D eigenvalue weighted by atomic mass is 10.1. The van der Waals surface area contributed by atoms with Gasteiger partial charge in [0.25, 0.3) is 0 Å². The molecular weight excluding hydrogens is 316 g/mol. The molecule has 0 aromatic carbocycles. The molecule has 2 rings (SSSR count). The van der Waals surface area contributed by atoms with Crippen molar-refractivity contribution in [2.24, 2.45) is 5.92 Å². The van der Waals surface area contributed by atoms with Gasteiger partial charge in [0.15, 0.2) is 5.16 Å². The van der Waals surface area contributed by atoms with Crippen LogP contribution >= 0.6 is 11.8 Å². The first-order chi connectivity index (χ1) is 11.6. The predicted molar refractivity (Wildman–Crippen MR) is 101 cm³/mol. The number of nitriles is 1. The zero-order valence-electron chi connectivity index (χ0n) is 15.1. The quantitative estimate of drug-likeness (QED) is 0.317. The Morgan fingerprint density at radius 1 is 1.29 bits per heavy atom. The summed E-state index contributed by atoms with van der Waals surface area (Å²) < 4.78 is 0. The number of allylic oxidation sites excluding steroid dienone is 1. The van der Waals surface area contributed by atoms with E-state index in [0.717, 1.165) is 56.2 Å². The van der Waals surface area contributed by atoms with E-state index in [-0.39, 0.29) is 0 Å². The van der Waals surface area contributed by atoms with E-state index in [4.69, 9.17) is 15.2 Å². The van der Waals surface area contributed by atoms with Gasteiger partial charge in [-0.25, -0.2) is 9.97 Å². The van der Waals surface area contributed by atoms with E-state index in [0.29, 0.717) is 12.3 Å². The molecule has 0 bridgehead atoms. The molecule has 4 nitrogen and oxygen atoms in total. The highest BCUT2D eigenvalue weighted by atomic mass is 32.2. The zero-order chi connectivity index (χ0) is 17.5. The van der Waals surface area contributed by atoms with Crippen molar-refractivity contribution in [1.29, 1.82) is 5.26 Å². The average Bonchev–Trinajstić information content (AvgIpc) is 2.76. The molecule has 0 unspecified atom stereocenters. The number of rotatable bonds is 7. The van der Waals surface area contributed by atoms with Crippen LogP contribution in [0.3, 0.4) is 0 Å². The maximum absolute atomic E-state index is 8.98.